The Morgan fingerprint density at radius 2 is 1.15 bits per heavy atom. The van der Waals surface area contributed by atoms with Crippen molar-refractivity contribution in [2.75, 3.05) is 0 Å². The van der Waals surface area contributed by atoms with E-state index in [0.717, 1.165) is 49.7 Å². The maximum Gasteiger partial charge on any atom is 0.231 e. The summed E-state index contributed by atoms with van der Waals surface area (Å²) in [5.74, 6) is 2.32. The zero-order valence-electron chi connectivity index (χ0n) is 24.7. The highest BCUT2D eigenvalue weighted by atomic mass is 32.1. The summed E-state index contributed by atoms with van der Waals surface area (Å²) in [6.45, 7) is 0. The Morgan fingerprint density at radius 1 is 0.447 bits per heavy atom. The third-order valence-electron chi connectivity index (χ3n) is 8.59. The molecule has 0 N–H and O–H groups in total. The average Bonchev–Trinajstić information content (AvgIpc) is 3.84. The highest BCUT2D eigenvalue weighted by Gasteiger charge is 2.21. The lowest BCUT2D eigenvalue weighted by Gasteiger charge is -2.09. The van der Waals surface area contributed by atoms with E-state index in [9.17, 15) is 0 Å². The lowest BCUT2D eigenvalue weighted by atomic mass is 10.0. The van der Waals surface area contributed by atoms with Crippen LogP contribution in [0.15, 0.2) is 142 Å². The first kappa shape index (κ1) is 26.1. The Balaban J connectivity index is 1.19. The van der Waals surface area contributed by atoms with Crippen molar-refractivity contribution in [2.24, 2.45) is 0 Å². The third kappa shape index (κ3) is 4.17. The SMILES string of the molecule is c1ccc(-c2nc(-c3ccc4c(c3)sc3ccccc34)nc(-c3cccc4oc5c(-c6nc7ccccc7o6)cccc5c34)n2)cc1. The van der Waals surface area contributed by atoms with Gasteiger partial charge in [0.2, 0.25) is 5.89 Å². The maximum atomic E-state index is 6.53. The summed E-state index contributed by atoms with van der Waals surface area (Å²) < 4.78 is 15.1. The van der Waals surface area contributed by atoms with Gasteiger partial charge in [-0.25, -0.2) is 19.9 Å². The van der Waals surface area contributed by atoms with Gasteiger partial charge < -0.3 is 8.83 Å². The highest BCUT2D eigenvalue weighted by Crippen LogP contribution is 2.41. The molecule has 0 saturated heterocycles. The molecule has 7 heteroatoms. The normalized spacial score (nSPS) is 11.8. The molecular formula is C40H22N4O2S. The van der Waals surface area contributed by atoms with Crippen LogP contribution in [-0.2, 0) is 0 Å². The molecule has 6 aromatic carbocycles. The molecule has 4 aromatic heterocycles. The van der Waals surface area contributed by atoms with E-state index in [1.54, 1.807) is 11.3 Å². The van der Waals surface area contributed by atoms with Gasteiger partial charge in [-0.2, -0.15) is 0 Å². The lowest BCUT2D eigenvalue weighted by molar-refractivity contribution is 0.615. The Labute approximate surface area is 271 Å². The second-order valence-electron chi connectivity index (χ2n) is 11.4. The summed E-state index contributed by atoms with van der Waals surface area (Å²) in [6.07, 6.45) is 0. The molecular weight excluding hydrogens is 601 g/mol. The van der Waals surface area contributed by atoms with Gasteiger partial charge in [0.15, 0.2) is 23.1 Å². The van der Waals surface area contributed by atoms with Crippen molar-refractivity contribution in [3.63, 3.8) is 0 Å². The predicted molar refractivity (Wildman–Crippen MR) is 189 cm³/mol. The van der Waals surface area contributed by atoms with Gasteiger partial charge in [0.1, 0.15) is 16.7 Å². The minimum Gasteiger partial charge on any atom is -0.455 e. The van der Waals surface area contributed by atoms with E-state index >= 15 is 0 Å². The largest absolute Gasteiger partial charge is 0.455 e. The van der Waals surface area contributed by atoms with Crippen molar-refractivity contribution in [3.05, 3.63) is 133 Å². The molecule has 10 rings (SSSR count). The van der Waals surface area contributed by atoms with E-state index in [1.165, 1.54) is 20.2 Å². The van der Waals surface area contributed by atoms with E-state index in [-0.39, 0.29) is 0 Å². The van der Waals surface area contributed by atoms with Crippen LogP contribution in [0.4, 0.5) is 0 Å². The van der Waals surface area contributed by atoms with Gasteiger partial charge in [-0.3, -0.25) is 0 Å². The summed E-state index contributed by atoms with van der Waals surface area (Å²) in [5, 5.41) is 4.36. The number of fused-ring (bicyclic) bond motifs is 7. The van der Waals surface area contributed by atoms with Crippen molar-refractivity contribution >= 4 is 64.5 Å². The maximum absolute atomic E-state index is 6.53. The van der Waals surface area contributed by atoms with E-state index in [4.69, 9.17) is 28.8 Å². The van der Waals surface area contributed by atoms with Gasteiger partial charge in [-0.15, -0.1) is 11.3 Å². The lowest BCUT2D eigenvalue weighted by Crippen LogP contribution is -2.00. The Kier molecular flexibility index (Phi) is 5.64. The zero-order valence-corrected chi connectivity index (χ0v) is 25.5. The number of hydrogen-bond donors (Lipinski definition) is 0. The first-order valence-electron chi connectivity index (χ1n) is 15.3. The number of nitrogens with zero attached hydrogens (tertiary/aromatic N) is 4. The van der Waals surface area contributed by atoms with Gasteiger partial charge >= 0.3 is 0 Å². The number of furan rings is 1. The van der Waals surface area contributed by atoms with Crippen molar-refractivity contribution in [2.45, 2.75) is 0 Å². The number of oxazole rings is 1. The number of thiophene rings is 1. The van der Waals surface area contributed by atoms with Crippen molar-refractivity contribution in [3.8, 4) is 45.6 Å². The molecule has 47 heavy (non-hydrogen) atoms. The Hall–Kier alpha value is -6.18. The van der Waals surface area contributed by atoms with Gasteiger partial charge in [-0.05, 0) is 36.4 Å². The van der Waals surface area contributed by atoms with E-state index in [1.807, 2.05) is 84.9 Å². The summed E-state index contributed by atoms with van der Waals surface area (Å²) >= 11 is 1.78. The zero-order chi connectivity index (χ0) is 30.9. The second-order valence-corrected chi connectivity index (χ2v) is 12.5. The van der Waals surface area contributed by atoms with E-state index < -0.39 is 0 Å². The van der Waals surface area contributed by atoms with Crippen molar-refractivity contribution in [1.29, 1.82) is 0 Å². The summed E-state index contributed by atoms with van der Waals surface area (Å²) in [5.41, 5.74) is 6.48. The van der Waals surface area contributed by atoms with Crippen LogP contribution >= 0.6 is 11.3 Å². The molecule has 0 spiro atoms. The van der Waals surface area contributed by atoms with Crippen molar-refractivity contribution < 1.29 is 8.83 Å². The first-order valence-corrected chi connectivity index (χ1v) is 16.1. The first-order chi connectivity index (χ1) is 23.3. The molecule has 0 amide bonds. The molecule has 0 saturated carbocycles. The summed E-state index contributed by atoms with van der Waals surface area (Å²) in [4.78, 5) is 19.9. The van der Waals surface area contributed by atoms with Crippen molar-refractivity contribution in [1.82, 2.24) is 19.9 Å². The molecule has 0 fully saturated rings. The molecule has 0 aliphatic rings. The fraction of sp³-hybridized carbons (Fsp3) is 0. The third-order valence-corrected chi connectivity index (χ3v) is 9.73. The van der Waals surface area contributed by atoms with Crippen LogP contribution in [0, 0.1) is 0 Å². The molecule has 0 aliphatic carbocycles. The Morgan fingerprint density at radius 3 is 2.06 bits per heavy atom. The van der Waals surface area contributed by atoms with Crippen LogP contribution in [-0.4, -0.2) is 19.9 Å². The van der Waals surface area contributed by atoms with Gasteiger partial charge in [0.25, 0.3) is 0 Å². The van der Waals surface area contributed by atoms with Crippen LogP contribution < -0.4 is 0 Å². The minimum absolute atomic E-state index is 0.517. The van der Waals surface area contributed by atoms with Crippen LogP contribution in [0.5, 0.6) is 0 Å². The van der Waals surface area contributed by atoms with Gasteiger partial charge in [0, 0.05) is 47.6 Å². The molecule has 6 nitrogen and oxygen atoms in total. The molecule has 0 unspecified atom stereocenters. The van der Waals surface area contributed by atoms with Crippen LogP contribution in [0.25, 0.3) is 98.8 Å². The predicted octanol–water partition coefficient (Wildman–Crippen LogP) is 10.9. The number of benzene rings is 6. The van der Waals surface area contributed by atoms with E-state index in [2.05, 4.69) is 48.5 Å². The fourth-order valence-corrected chi connectivity index (χ4v) is 7.54. The van der Waals surface area contributed by atoms with Gasteiger partial charge in [0.05, 0.1) is 5.56 Å². The highest BCUT2D eigenvalue weighted by molar-refractivity contribution is 7.25. The van der Waals surface area contributed by atoms with Gasteiger partial charge in [-0.1, -0.05) is 97.1 Å². The standard InChI is InChI=1S/C40H22N4O2S/c1-2-10-23(11-3-1)37-42-38(24-20-21-26-25-12-4-7-19-33(25)47-34(26)22-24)44-39(43-37)28-14-9-18-32-35(28)27-13-8-15-29(36(27)45-32)40-41-30-16-5-6-17-31(30)46-40/h1-22H. The molecule has 0 aliphatic heterocycles. The summed E-state index contributed by atoms with van der Waals surface area (Å²) in [6, 6.07) is 44.8. The average molecular weight is 623 g/mol. The smallest absolute Gasteiger partial charge is 0.231 e. The fourth-order valence-electron chi connectivity index (χ4n) is 6.40. The second kappa shape index (κ2) is 10.2. The molecule has 10 aromatic rings. The van der Waals surface area contributed by atoms with Crippen LogP contribution in [0.3, 0.4) is 0 Å². The number of hydrogen-bond acceptors (Lipinski definition) is 7. The number of rotatable bonds is 4. The van der Waals surface area contributed by atoms with Crippen LogP contribution in [0.2, 0.25) is 0 Å². The summed E-state index contributed by atoms with van der Waals surface area (Å²) in [7, 11) is 0. The molecule has 0 atom stereocenters. The van der Waals surface area contributed by atoms with Crippen LogP contribution in [0.1, 0.15) is 0 Å². The quantitative estimate of drug-likeness (QED) is 0.194. The molecule has 4 heterocycles. The molecule has 0 radical (unpaired) electrons. The molecule has 0 bridgehead atoms. The molecule has 220 valence electrons. The van der Waals surface area contributed by atoms with E-state index in [0.29, 0.717) is 28.9 Å². The number of aromatic nitrogens is 4. The topological polar surface area (TPSA) is 77.8 Å². The Bertz CT molecular complexity index is 2780. The number of para-hydroxylation sites is 3. The minimum atomic E-state index is 0.517. The monoisotopic (exact) mass is 622 g/mol.